The van der Waals surface area contributed by atoms with E-state index in [-0.39, 0.29) is 5.91 Å². The molecule has 2 N–H and O–H groups in total. The lowest BCUT2D eigenvalue weighted by molar-refractivity contribution is -0.118. The van der Waals surface area contributed by atoms with Crippen LogP contribution in [0.15, 0.2) is 0 Å². The predicted molar refractivity (Wildman–Crippen MR) is 57.9 cm³/mol. The van der Waals surface area contributed by atoms with Gasteiger partial charge in [-0.15, -0.1) is 0 Å². The van der Waals surface area contributed by atoms with E-state index in [0.717, 1.165) is 12.3 Å². The average Bonchev–Trinajstić information content (AvgIpc) is 2.30. The van der Waals surface area contributed by atoms with Gasteiger partial charge in [-0.25, -0.2) is 0 Å². The van der Waals surface area contributed by atoms with Gasteiger partial charge in [0.2, 0.25) is 5.91 Å². The fourth-order valence-corrected chi connectivity index (χ4v) is 2.16. The van der Waals surface area contributed by atoms with Crippen LogP contribution in [0, 0.1) is 5.92 Å². The molecule has 0 radical (unpaired) electrons. The van der Waals surface area contributed by atoms with Crippen LogP contribution in [0.1, 0.15) is 38.5 Å². The van der Waals surface area contributed by atoms with Gasteiger partial charge in [-0.05, 0) is 58.2 Å². The maximum Gasteiger partial charge on any atom is 0.217 e. The van der Waals surface area contributed by atoms with Crippen LogP contribution in [0.2, 0.25) is 0 Å². The molecule has 3 nitrogen and oxygen atoms in total. The molecule has 1 aliphatic rings. The van der Waals surface area contributed by atoms with Crippen molar-refractivity contribution in [3.63, 3.8) is 0 Å². The van der Waals surface area contributed by atoms with Gasteiger partial charge in [-0.2, -0.15) is 0 Å². The van der Waals surface area contributed by atoms with Crippen molar-refractivity contribution in [1.29, 1.82) is 0 Å². The topological polar surface area (TPSA) is 46.3 Å². The van der Waals surface area contributed by atoms with E-state index in [2.05, 4.69) is 11.9 Å². The molecule has 3 heteroatoms. The molecular weight excluding hydrogens is 176 g/mol. The van der Waals surface area contributed by atoms with Crippen LogP contribution < -0.4 is 5.73 Å². The number of carbonyl (C=O) groups excluding carboxylic acids is 1. The maximum absolute atomic E-state index is 10.6. The molecule has 0 aromatic heterocycles. The van der Waals surface area contributed by atoms with E-state index >= 15 is 0 Å². The minimum Gasteiger partial charge on any atom is -0.370 e. The summed E-state index contributed by atoms with van der Waals surface area (Å²) in [6.07, 6.45) is 6.63. The Hall–Kier alpha value is -0.570. The van der Waals surface area contributed by atoms with Crippen LogP contribution in [-0.2, 0) is 4.79 Å². The highest BCUT2D eigenvalue weighted by atomic mass is 16.1. The average molecular weight is 198 g/mol. The first-order valence-corrected chi connectivity index (χ1v) is 5.65. The van der Waals surface area contributed by atoms with Crippen molar-refractivity contribution in [1.82, 2.24) is 4.90 Å². The normalized spacial score (nSPS) is 24.5. The van der Waals surface area contributed by atoms with Crippen molar-refractivity contribution >= 4 is 5.91 Å². The summed E-state index contributed by atoms with van der Waals surface area (Å²) in [5, 5.41) is 0. The summed E-state index contributed by atoms with van der Waals surface area (Å²) in [6.45, 7) is 2.44. The van der Waals surface area contributed by atoms with Gasteiger partial charge >= 0.3 is 0 Å². The molecule has 1 fully saturated rings. The van der Waals surface area contributed by atoms with Gasteiger partial charge in [-0.3, -0.25) is 4.79 Å². The molecule has 1 amide bonds. The molecule has 1 saturated heterocycles. The number of hydrogen-bond donors (Lipinski definition) is 1. The zero-order valence-electron chi connectivity index (χ0n) is 9.17. The van der Waals surface area contributed by atoms with E-state index in [0.29, 0.717) is 6.42 Å². The fraction of sp³-hybridized carbons (Fsp3) is 0.909. The Kier molecular flexibility index (Phi) is 4.94. The van der Waals surface area contributed by atoms with Gasteiger partial charge in [0.1, 0.15) is 0 Å². The SMILES string of the molecule is CN1CCCC(CCCC(N)=O)CC1. The molecule has 0 aromatic rings. The lowest BCUT2D eigenvalue weighted by Gasteiger charge is -2.14. The second-order valence-corrected chi connectivity index (χ2v) is 4.46. The highest BCUT2D eigenvalue weighted by molar-refractivity contribution is 5.73. The van der Waals surface area contributed by atoms with Crippen LogP contribution in [0.25, 0.3) is 0 Å². The summed E-state index contributed by atoms with van der Waals surface area (Å²) >= 11 is 0. The van der Waals surface area contributed by atoms with Crippen LogP contribution in [-0.4, -0.2) is 30.9 Å². The largest absolute Gasteiger partial charge is 0.370 e. The highest BCUT2D eigenvalue weighted by Gasteiger charge is 2.14. The molecule has 14 heavy (non-hydrogen) atoms. The number of amides is 1. The van der Waals surface area contributed by atoms with E-state index < -0.39 is 0 Å². The Morgan fingerprint density at radius 1 is 1.43 bits per heavy atom. The Bertz CT molecular complexity index is 182. The molecule has 0 saturated carbocycles. The zero-order valence-corrected chi connectivity index (χ0v) is 9.17. The first kappa shape index (κ1) is 11.5. The molecule has 1 heterocycles. The van der Waals surface area contributed by atoms with Crippen molar-refractivity contribution in [3.05, 3.63) is 0 Å². The number of carbonyl (C=O) groups is 1. The molecular formula is C11H22N2O. The third-order valence-corrected chi connectivity index (χ3v) is 3.11. The summed E-state index contributed by atoms with van der Waals surface area (Å²) in [5.74, 6) is 0.662. The van der Waals surface area contributed by atoms with Crippen molar-refractivity contribution < 1.29 is 4.79 Å². The highest BCUT2D eigenvalue weighted by Crippen LogP contribution is 2.21. The Labute approximate surface area is 86.6 Å². The lowest BCUT2D eigenvalue weighted by atomic mass is 9.94. The number of primary amides is 1. The summed E-state index contributed by atoms with van der Waals surface area (Å²) in [6, 6.07) is 0. The second-order valence-electron chi connectivity index (χ2n) is 4.46. The number of likely N-dealkylation sites (tertiary alicyclic amines) is 1. The van der Waals surface area contributed by atoms with Crippen molar-refractivity contribution in [2.75, 3.05) is 20.1 Å². The third-order valence-electron chi connectivity index (χ3n) is 3.11. The summed E-state index contributed by atoms with van der Waals surface area (Å²) in [7, 11) is 2.19. The standard InChI is InChI=1S/C11H22N2O/c1-13-8-3-5-10(7-9-13)4-2-6-11(12)14/h10H,2-9H2,1H3,(H2,12,14). The molecule has 0 bridgehead atoms. The number of hydrogen-bond acceptors (Lipinski definition) is 2. The van der Waals surface area contributed by atoms with E-state index in [9.17, 15) is 4.79 Å². The molecule has 1 unspecified atom stereocenters. The Morgan fingerprint density at radius 3 is 2.93 bits per heavy atom. The monoisotopic (exact) mass is 198 g/mol. The first-order chi connectivity index (χ1) is 6.68. The van der Waals surface area contributed by atoms with Gasteiger partial charge in [-0.1, -0.05) is 0 Å². The van der Waals surface area contributed by atoms with Gasteiger partial charge < -0.3 is 10.6 Å². The van der Waals surface area contributed by atoms with Crippen molar-refractivity contribution in [2.45, 2.75) is 38.5 Å². The van der Waals surface area contributed by atoms with Crippen molar-refractivity contribution in [2.24, 2.45) is 11.7 Å². The minimum absolute atomic E-state index is 0.157. The van der Waals surface area contributed by atoms with E-state index in [1.807, 2.05) is 0 Å². The summed E-state index contributed by atoms with van der Waals surface area (Å²) < 4.78 is 0. The fourth-order valence-electron chi connectivity index (χ4n) is 2.16. The van der Waals surface area contributed by atoms with Crippen LogP contribution in [0.4, 0.5) is 0 Å². The predicted octanol–water partition coefficient (Wildman–Crippen LogP) is 1.37. The van der Waals surface area contributed by atoms with Gasteiger partial charge in [0.15, 0.2) is 0 Å². The second kappa shape index (κ2) is 6.02. The van der Waals surface area contributed by atoms with Gasteiger partial charge in [0.05, 0.1) is 0 Å². The lowest BCUT2D eigenvalue weighted by Crippen LogP contribution is -2.18. The summed E-state index contributed by atoms with van der Waals surface area (Å²) in [4.78, 5) is 13.0. The van der Waals surface area contributed by atoms with Gasteiger partial charge in [0, 0.05) is 6.42 Å². The first-order valence-electron chi connectivity index (χ1n) is 5.65. The number of rotatable bonds is 4. The smallest absolute Gasteiger partial charge is 0.217 e. The Balaban J connectivity index is 2.14. The van der Waals surface area contributed by atoms with Gasteiger partial charge in [0.25, 0.3) is 0 Å². The molecule has 0 aliphatic carbocycles. The van der Waals surface area contributed by atoms with Crippen molar-refractivity contribution in [3.8, 4) is 0 Å². The molecule has 82 valence electrons. The molecule has 1 atom stereocenters. The molecule has 1 rings (SSSR count). The Morgan fingerprint density at radius 2 is 2.21 bits per heavy atom. The number of nitrogens with zero attached hydrogens (tertiary/aromatic N) is 1. The maximum atomic E-state index is 10.6. The zero-order chi connectivity index (χ0) is 10.4. The van der Waals surface area contributed by atoms with E-state index in [4.69, 9.17) is 5.73 Å². The molecule has 0 spiro atoms. The van der Waals surface area contributed by atoms with Crippen LogP contribution >= 0.6 is 0 Å². The van der Waals surface area contributed by atoms with Crippen LogP contribution in [0.3, 0.4) is 0 Å². The van der Waals surface area contributed by atoms with Crippen LogP contribution in [0.5, 0.6) is 0 Å². The third kappa shape index (κ3) is 4.61. The number of nitrogens with two attached hydrogens (primary N) is 1. The van der Waals surface area contributed by atoms with E-state index in [1.54, 1.807) is 0 Å². The minimum atomic E-state index is -0.157. The summed E-state index contributed by atoms with van der Waals surface area (Å²) in [5.41, 5.74) is 5.11. The van der Waals surface area contributed by atoms with E-state index in [1.165, 1.54) is 38.8 Å². The molecule has 0 aromatic carbocycles. The quantitative estimate of drug-likeness (QED) is 0.741. The molecule has 1 aliphatic heterocycles.